The third-order valence-electron chi connectivity index (χ3n) is 6.04. The third kappa shape index (κ3) is 5.81. The first kappa shape index (κ1) is 26.0. The second-order valence-corrected chi connectivity index (χ2v) is 11.3. The molecule has 1 fully saturated rings. The maximum Gasteiger partial charge on any atom is 0.272 e. The number of aliphatic hydroxyl groups is 1. The Kier molecular flexibility index (Phi) is 7.28. The van der Waals surface area contributed by atoms with E-state index in [4.69, 9.17) is 10.5 Å². The average molecular weight is 514 g/mol. The molecule has 2 aliphatic rings. The lowest BCUT2D eigenvalue weighted by Gasteiger charge is -2.26. The molecule has 192 valence electrons. The molecule has 2 aromatic rings. The standard InChI is InChI=1S/C25H31N5O5S/c1-16-4-5-19(36(33,34)29-15-25(2,3)32)12-20(16)17-10-21(23(26)28-14-17)18-11-22(27-13-18)24(31)30-6-8-35-9-7-30/h4-5,10-12,14,29,32H,6-9,13,15H2,1-3H3,(H2,26,28). The summed E-state index contributed by atoms with van der Waals surface area (Å²) < 4.78 is 33.4. The highest BCUT2D eigenvalue weighted by Gasteiger charge is 2.25. The van der Waals surface area contributed by atoms with Crippen molar-refractivity contribution in [1.82, 2.24) is 14.6 Å². The lowest BCUT2D eigenvalue weighted by Crippen LogP contribution is -2.43. The van der Waals surface area contributed by atoms with Gasteiger partial charge in [0, 0.05) is 37.0 Å². The number of hydrogen-bond acceptors (Lipinski definition) is 8. The fraction of sp³-hybridized carbons (Fsp3) is 0.400. The van der Waals surface area contributed by atoms with Crippen molar-refractivity contribution in [3.8, 4) is 11.1 Å². The van der Waals surface area contributed by atoms with Crippen LogP contribution in [0.5, 0.6) is 0 Å². The minimum Gasteiger partial charge on any atom is -0.389 e. The van der Waals surface area contributed by atoms with E-state index in [0.717, 1.165) is 11.1 Å². The maximum absolute atomic E-state index is 12.8. The lowest BCUT2D eigenvalue weighted by atomic mass is 9.98. The number of nitrogens with one attached hydrogen (secondary N) is 1. The number of nitrogens with two attached hydrogens (primary N) is 1. The van der Waals surface area contributed by atoms with Gasteiger partial charge in [-0.15, -0.1) is 0 Å². The average Bonchev–Trinajstić information content (AvgIpc) is 3.33. The van der Waals surface area contributed by atoms with Gasteiger partial charge in [0.25, 0.3) is 5.91 Å². The number of ether oxygens (including phenoxy) is 1. The van der Waals surface area contributed by atoms with Crippen LogP contribution in [0.1, 0.15) is 25.0 Å². The lowest BCUT2D eigenvalue weighted by molar-refractivity contribution is -0.127. The largest absolute Gasteiger partial charge is 0.389 e. The second-order valence-electron chi connectivity index (χ2n) is 9.55. The van der Waals surface area contributed by atoms with E-state index in [2.05, 4.69) is 14.7 Å². The number of pyridine rings is 1. The molecule has 0 bridgehead atoms. The van der Waals surface area contributed by atoms with E-state index in [-0.39, 0.29) is 17.3 Å². The molecule has 1 aromatic carbocycles. The van der Waals surface area contributed by atoms with Crippen LogP contribution in [0.4, 0.5) is 5.82 Å². The highest BCUT2D eigenvalue weighted by atomic mass is 32.2. The van der Waals surface area contributed by atoms with Crippen LogP contribution in [0.15, 0.2) is 46.4 Å². The number of carbonyl (C=O) groups is 1. The van der Waals surface area contributed by atoms with Crippen molar-refractivity contribution < 1.29 is 23.1 Å². The van der Waals surface area contributed by atoms with Crippen molar-refractivity contribution in [3.63, 3.8) is 0 Å². The van der Waals surface area contributed by atoms with Gasteiger partial charge in [0.05, 0.1) is 30.3 Å². The Hall–Kier alpha value is -3.12. The number of sulfonamides is 1. The maximum atomic E-state index is 12.8. The first-order valence-electron chi connectivity index (χ1n) is 11.7. The Bertz CT molecular complexity index is 1340. The summed E-state index contributed by atoms with van der Waals surface area (Å²) in [5.74, 6) is 0.164. The van der Waals surface area contributed by atoms with Crippen molar-refractivity contribution in [2.75, 3.05) is 45.1 Å². The van der Waals surface area contributed by atoms with E-state index < -0.39 is 15.6 Å². The number of anilines is 1. The van der Waals surface area contributed by atoms with E-state index in [1.807, 2.05) is 13.0 Å². The van der Waals surface area contributed by atoms with E-state index >= 15 is 0 Å². The van der Waals surface area contributed by atoms with Gasteiger partial charge in [-0.2, -0.15) is 0 Å². The molecule has 2 aliphatic heterocycles. The number of nitrogen functional groups attached to an aromatic ring is 1. The van der Waals surface area contributed by atoms with Crippen LogP contribution in [0, 0.1) is 6.92 Å². The van der Waals surface area contributed by atoms with Gasteiger partial charge in [0.2, 0.25) is 10.0 Å². The Morgan fingerprint density at radius 3 is 2.64 bits per heavy atom. The first-order chi connectivity index (χ1) is 16.9. The molecule has 0 saturated carbocycles. The van der Waals surface area contributed by atoms with Crippen LogP contribution in [-0.2, 0) is 19.6 Å². The second kappa shape index (κ2) is 10.1. The zero-order valence-corrected chi connectivity index (χ0v) is 21.4. The molecule has 0 radical (unpaired) electrons. The third-order valence-corrected chi connectivity index (χ3v) is 7.44. The molecule has 4 rings (SSSR count). The molecule has 11 heteroatoms. The van der Waals surface area contributed by atoms with Crippen molar-refractivity contribution in [1.29, 1.82) is 0 Å². The van der Waals surface area contributed by atoms with Crippen LogP contribution < -0.4 is 10.5 Å². The molecule has 3 heterocycles. The summed E-state index contributed by atoms with van der Waals surface area (Å²) in [5, 5.41) is 9.90. The summed E-state index contributed by atoms with van der Waals surface area (Å²) in [7, 11) is -3.84. The molecule has 4 N–H and O–H groups in total. The fourth-order valence-corrected chi connectivity index (χ4v) is 5.19. The topological polar surface area (TPSA) is 147 Å². The number of benzene rings is 1. The van der Waals surface area contributed by atoms with Gasteiger partial charge in [-0.05, 0) is 61.7 Å². The highest BCUT2D eigenvalue weighted by molar-refractivity contribution is 7.89. The van der Waals surface area contributed by atoms with Crippen molar-refractivity contribution in [3.05, 3.63) is 47.7 Å². The van der Waals surface area contributed by atoms with Crippen LogP contribution in [0.25, 0.3) is 16.7 Å². The summed E-state index contributed by atoms with van der Waals surface area (Å²) in [6.45, 7) is 7.19. The number of aliphatic imine (C=N–C) groups is 1. The summed E-state index contributed by atoms with van der Waals surface area (Å²) in [6, 6.07) is 6.66. The molecule has 0 spiro atoms. The molecular weight excluding hydrogens is 482 g/mol. The number of morpholine rings is 1. The van der Waals surface area contributed by atoms with Gasteiger partial charge >= 0.3 is 0 Å². The van der Waals surface area contributed by atoms with Gasteiger partial charge in [-0.1, -0.05) is 6.07 Å². The number of aryl methyl sites for hydroxylation is 1. The number of nitrogens with zero attached hydrogens (tertiary/aromatic N) is 3. The van der Waals surface area contributed by atoms with Gasteiger partial charge in [-0.25, -0.2) is 18.1 Å². The predicted octanol–water partition coefficient (Wildman–Crippen LogP) is 1.39. The summed E-state index contributed by atoms with van der Waals surface area (Å²) in [6.07, 6.45) is 3.33. The summed E-state index contributed by atoms with van der Waals surface area (Å²) >= 11 is 0. The van der Waals surface area contributed by atoms with Gasteiger partial charge in [0.15, 0.2) is 0 Å². The first-order valence-corrected chi connectivity index (χ1v) is 13.1. The molecular formula is C25H31N5O5S. The molecule has 0 aliphatic carbocycles. The normalized spacial score (nSPS) is 16.6. The minimum atomic E-state index is -3.84. The monoisotopic (exact) mass is 513 g/mol. The van der Waals surface area contributed by atoms with Crippen molar-refractivity contribution in [2.24, 2.45) is 4.99 Å². The number of carbonyl (C=O) groups excluding carboxylic acids is 1. The molecule has 10 nitrogen and oxygen atoms in total. The highest BCUT2D eigenvalue weighted by Crippen LogP contribution is 2.31. The molecule has 1 saturated heterocycles. The van der Waals surface area contributed by atoms with Gasteiger partial charge < -0.3 is 20.5 Å². The van der Waals surface area contributed by atoms with E-state index in [0.29, 0.717) is 61.1 Å². The van der Waals surface area contributed by atoms with Crippen LogP contribution in [-0.4, -0.2) is 80.0 Å². The van der Waals surface area contributed by atoms with E-state index in [9.17, 15) is 18.3 Å². The van der Waals surface area contributed by atoms with E-state index in [1.54, 1.807) is 29.3 Å². The summed E-state index contributed by atoms with van der Waals surface area (Å²) in [4.78, 5) is 23.4. The Labute approximate surface area is 210 Å². The van der Waals surface area contributed by atoms with Crippen LogP contribution in [0.2, 0.25) is 0 Å². The Morgan fingerprint density at radius 2 is 1.94 bits per heavy atom. The van der Waals surface area contributed by atoms with Crippen molar-refractivity contribution in [2.45, 2.75) is 31.3 Å². The number of aromatic nitrogens is 1. The Morgan fingerprint density at radius 1 is 1.22 bits per heavy atom. The van der Waals surface area contributed by atoms with Crippen LogP contribution >= 0.6 is 0 Å². The number of amides is 1. The smallest absolute Gasteiger partial charge is 0.272 e. The minimum absolute atomic E-state index is 0.0764. The quantitative estimate of drug-likeness (QED) is 0.507. The zero-order chi connectivity index (χ0) is 26.1. The molecule has 0 unspecified atom stereocenters. The SMILES string of the molecule is Cc1ccc(S(=O)(=O)NCC(C)(C)O)cc1-c1cnc(N)c(C2=CC(C(=O)N3CCOCC3)=NC2)c1. The fourth-order valence-electron chi connectivity index (χ4n) is 3.96. The van der Waals surface area contributed by atoms with Gasteiger partial charge in [0.1, 0.15) is 11.5 Å². The van der Waals surface area contributed by atoms with Crippen molar-refractivity contribution >= 4 is 33.0 Å². The number of rotatable bonds is 7. The molecule has 1 amide bonds. The Balaban J connectivity index is 1.62. The van der Waals surface area contributed by atoms with E-state index in [1.165, 1.54) is 19.9 Å². The molecule has 1 aromatic heterocycles. The predicted molar refractivity (Wildman–Crippen MR) is 138 cm³/mol. The molecule has 0 atom stereocenters. The van der Waals surface area contributed by atoms with Crippen LogP contribution in [0.3, 0.4) is 0 Å². The zero-order valence-electron chi connectivity index (χ0n) is 20.6. The van der Waals surface area contributed by atoms with Gasteiger partial charge in [-0.3, -0.25) is 9.79 Å². The number of hydrogen-bond donors (Lipinski definition) is 3. The molecule has 36 heavy (non-hydrogen) atoms. The summed E-state index contributed by atoms with van der Waals surface area (Å²) in [5.41, 5.74) is 9.01.